The molecule has 5 heteroatoms. The van der Waals surface area contributed by atoms with Crippen LogP contribution in [0.25, 0.3) is 0 Å². The molecule has 0 aromatic rings. The van der Waals surface area contributed by atoms with Crippen LogP contribution in [0, 0.1) is 0 Å². The molecule has 1 aliphatic heterocycles. The minimum Gasteiger partial charge on any atom is -0.259 e. The average Bonchev–Trinajstić information content (AvgIpc) is 2.64. The lowest BCUT2D eigenvalue weighted by Gasteiger charge is -2.07. The van der Waals surface area contributed by atoms with Gasteiger partial charge in [-0.2, -0.15) is 0 Å². The van der Waals surface area contributed by atoms with Gasteiger partial charge in [-0.15, -0.1) is 0 Å². The summed E-state index contributed by atoms with van der Waals surface area (Å²) in [5, 5.41) is -0.0874. The molecule has 17 heavy (non-hydrogen) atoms. The molecule has 1 aliphatic rings. The standard InChI is InChI=1S/C12H24O3S2/c1-2-3-4-5-6-7-9-16(13)12-8-10-17(14,15)11-12/h12H,2-11H2,1H3/t12-,16-/m0/s1. The van der Waals surface area contributed by atoms with Crippen molar-refractivity contribution in [3.8, 4) is 0 Å². The van der Waals surface area contributed by atoms with Crippen LogP contribution < -0.4 is 0 Å². The van der Waals surface area contributed by atoms with Crippen molar-refractivity contribution in [3.63, 3.8) is 0 Å². The Bertz CT molecular complexity index is 336. The fraction of sp³-hybridized carbons (Fsp3) is 1.00. The van der Waals surface area contributed by atoms with Gasteiger partial charge in [-0.1, -0.05) is 39.0 Å². The van der Waals surface area contributed by atoms with Crippen molar-refractivity contribution in [1.29, 1.82) is 0 Å². The summed E-state index contributed by atoms with van der Waals surface area (Å²) in [6.07, 6.45) is 7.72. The second kappa shape index (κ2) is 7.52. The maximum absolute atomic E-state index is 11.9. The SMILES string of the molecule is CCCCCCCC[S@](=O)[C@H]1CCS(=O)(=O)C1. The van der Waals surface area contributed by atoms with Crippen LogP contribution in [-0.4, -0.2) is 35.1 Å². The van der Waals surface area contributed by atoms with Crippen molar-refractivity contribution >= 4 is 20.6 Å². The minimum atomic E-state index is -2.88. The van der Waals surface area contributed by atoms with Crippen LogP contribution in [-0.2, 0) is 20.6 Å². The van der Waals surface area contributed by atoms with Crippen LogP contribution in [0.3, 0.4) is 0 Å². The molecule has 1 fully saturated rings. The van der Waals surface area contributed by atoms with Crippen molar-refractivity contribution in [3.05, 3.63) is 0 Å². The highest BCUT2D eigenvalue weighted by atomic mass is 32.2. The van der Waals surface area contributed by atoms with Crippen LogP contribution in [0.5, 0.6) is 0 Å². The van der Waals surface area contributed by atoms with Gasteiger partial charge >= 0.3 is 0 Å². The van der Waals surface area contributed by atoms with E-state index in [4.69, 9.17) is 0 Å². The Morgan fingerprint density at radius 3 is 2.35 bits per heavy atom. The Labute approximate surface area is 108 Å². The van der Waals surface area contributed by atoms with Crippen LogP contribution in [0.2, 0.25) is 0 Å². The molecule has 102 valence electrons. The van der Waals surface area contributed by atoms with Gasteiger partial charge in [-0.05, 0) is 12.8 Å². The van der Waals surface area contributed by atoms with Gasteiger partial charge in [0.15, 0.2) is 9.84 Å². The third-order valence-electron chi connectivity index (χ3n) is 3.26. The largest absolute Gasteiger partial charge is 0.259 e. The fourth-order valence-electron chi connectivity index (χ4n) is 2.16. The smallest absolute Gasteiger partial charge is 0.151 e. The van der Waals surface area contributed by atoms with Crippen molar-refractivity contribution < 1.29 is 12.6 Å². The van der Waals surface area contributed by atoms with Gasteiger partial charge in [-0.3, -0.25) is 4.21 Å². The predicted molar refractivity (Wildman–Crippen MR) is 73.4 cm³/mol. The predicted octanol–water partition coefficient (Wildman–Crippen LogP) is 2.28. The minimum absolute atomic E-state index is 0.0874. The molecule has 0 unspecified atom stereocenters. The van der Waals surface area contributed by atoms with E-state index in [-0.39, 0.29) is 16.8 Å². The lowest BCUT2D eigenvalue weighted by molar-refractivity contribution is 0.602. The van der Waals surface area contributed by atoms with Gasteiger partial charge in [0.1, 0.15) is 0 Å². The number of sulfone groups is 1. The number of rotatable bonds is 8. The molecule has 0 amide bonds. The summed E-state index contributed by atoms with van der Waals surface area (Å²) in [5.41, 5.74) is 0. The van der Waals surface area contributed by atoms with E-state index in [9.17, 15) is 12.6 Å². The first-order chi connectivity index (χ1) is 8.05. The third-order valence-corrected chi connectivity index (χ3v) is 7.08. The normalized spacial score (nSPS) is 24.9. The third kappa shape index (κ3) is 6.00. The summed E-state index contributed by atoms with van der Waals surface area (Å²) >= 11 is 0. The second-order valence-corrected chi connectivity index (χ2v) is 8.94. The molecule has 0 aliphatic carbocycles. The molecule has 0 aromatic heterocycles. The molecule has 0 N–H and O–H groups in total. The molecule has 0 spiro atoms. The lowest BCUT2D eigenvalue weighted by Crippen LogP contribution is -2.19. The molecular weight excluding hydrogens is 256 g/mol. The lowest BCUT2D eigenvalue weighted by atomic mass is 10.1. The van der Waals surface area contributed by atoms with E-state index in [1.807, 2.05) is 0 Å². The quantitative estimate of drug-likeness (QED) is 0.641. The van der Waals surface area contributed by atoms with Gasteiger partial charge in [0.05, 0.1) is 11.5 Å². The molecule has 0 radical (unpaired) electrons. The van der Waals surface area contributed by atoms with Gasteiger partial charge in [0, 0.05) is 21.8 Å². The Morgan fingerprint density at radius 1 is 1.12 bits per heavy atom. The van der Waals surface area contributed by atoms with Crippen LogP contribution >= 0.6 is 0 Å². The van der Waals surface area contributed by atoms with Crippen LogP contribution in [0.15, 0.2) is 0 Å². The van der Waals surface area contributed by atoms with E-state index in [2.05, 4.69) is 6.92 Å². The molecule has 1 rings (SSSR count). The van der Waals surface area contributed by atoms with E-state index in [1.54, 1.807) is 0 Å². The summed E-state index contributed by atoms with van der Waals surface area (Å²) in [6.45, 7) is 2.19. The zero-order valence-electron chi connectivity index (χ0n) is 10.7. The van der Waals surface area contributed by atoms with Gasteiger partial charge in [-0.25, -0.2) is 8.42 Å². The highest BCUT2D eigenvalue weighted by Crippen LogP contribution is 2.18. The number of hydrogen-bond donors (Lipinski definition) is 0. The Hall–Kier alpha value is 0.1000. The summed E-state index contributed by atoms with van der Waals surface area (Å²) in [6, 6.07) is 0. The second-order valence-electron chi connectivity index (χ2n) is 4.88. The molecule has 0 aromatic carbocycles. The number of unbranched alkanes of at least 4 members (excludes halogenated alkanes) is 5. The fourth-order valence-corrected chi connectivity index (χ4v) is 6.28. The van der Waals surface area contributed by atoms with Gasteiger partial charge in [0.25, 0.3) is 0 Å². The summed E-state index contributed by atoms with van der Waals surface area (Å²) in [7, 11) is -3.80. The monoisotopic (exact) mass is 280 g/mol. The molecule has 1 heterocycles. The first-order valence-corrected chi connectivity index (χ1v) is 9.83. The Kier molecular flexibility index (Phi) is 6.70. The summed E-state index contributed by atoms with van der Waals surface area (Å²) < 4.78 is 34.4. The van der Waals surface area contributed by atoms with E-state index in [0.29, 0.717) is 12.2 Å². The summed E-state index contributed by atoms with van der Waals surface area (Å²) in [5.74, 6) is 1.07. The van der Waals surface area contributed by atoms with Crippen LogP contribution in [0.4, 0.5) is 0 Å². The molecule has 3 nitrogen and oxygen atoms in total. The first-order valence-electron chi connectivity index (χ1n) is 6.63. The Morgan fingerprint density at radius 2 is 1.76 bits per heavy atom. The van der Waals surface area contributed by atoms with E-state index in [0.717, 1.165) is 12.8 Å². The number of hydrogen-bond acceptors (Lipinski definition) is 3. The maximum Gasteiger partial charge on any atom is 0.151 e. The molecule has 1 saturated heterocycles. The van der Waals surface area contributed by atoms with E-state index >= 15 is 0 Å². The summed E-state index contributed by atoms with van der Waals surface area (Å²) in [4.78, 5) is 0. The zero-order chi connectivity index (χ0) is 12.7. The van der Waals surface area contributed by atoms with Crippen molar-refractivity contribution in [2.24, 2.45) is 0 Å². The molecule has 0 bridgehead atoms. The highest BCUT2D eigenvalue weighted by molar-refractivity contribution is 7.94. The molecular formula is C12H24O3S2. The van der Waals surface area contributed by atoms with E-state index < -0.39 is 20.6 Å². The van der Waals surface area contributed by atoms with Crippen LogP contribution in [0.1, 0.15) is 51.9 Å². The van der Waals surface area contributed by atoms with Crippen molar-refractivity contribution in [2.75, 3.05) is 17.3 Å². The van der Waals surface area contributed by atoms with Crippen molar-refractivity contribution in [1.82, 2.24) is 0 Å². The Balaban J connectivity index is 2.10. The first kappa shape index (κ1) is 15.2. The highest BCUT2D eigenvalue weighted by Gasteiger charge is 2.31. The zero-order valence-corrected chi connectivity index (χ0v) is 12.3. The average molecular weight is 280 g/mol. The molecule has 0 saturated carbocycles. The van der Waals surface area contributed by atoms with E-state index in [1.165, 1.54) is 25.7 Å². The van der Waals surface area contributed by atoms with Gasteiger partial charge < -0.3 is 0 Å². The topological polar surface area (TPSA) is 51.2 Å². The maximum atomic E-state index is 11.9. The van der Waals surface area contributed by atoms with Gasteiger partial charge in [0.2, 0.25) is 0 Å². The molecule has 2 atom stereocenters. The van der Waals surface area contributed by atoms with Crippen molar-refractivity contribution in [2.45, 2.75) is 57.1 Å².